The molecule has 1 aliphatic rings. The van der Waals surface area contributed by atoms with E-state index >= 15 is 0 Å². The lowest BCUT2D eigenvalue weighted by atomic mass is 9.94. The highest BCUT2D eigenvalue weighted by Gasteiger charge is 2.31. The van der Waals surface area contributed by atoms with Gasteiger partial charge in [-0.25, -0.2) is 0 Å². The van der Waals surface area contributed by atoms with Gasteiger partial charge in [0, 0.05) is 36.0 Å². The van der Waals surface area contributed by atoms with Gasteiger partial charge in [0.2, 0.25) is 18.3 Å². The number of amides is 1. The maximum Gasteiger partial charge on any atom is 0.268 e. The number of carbonyl (C=O) groups is 1. The van der Waals surface area contributed by atoms with E-state index in [0.29, 0.717) is 52.8 Å². The topological polar surface area (TPSA) is 111 Å². The van der Waals surface area contributed by atoms with E-state index in [9.17, 15) is 4.79 Å². The van der Waals surface area contributed by atoms with Crippen molar-refractivity contribution in [2.75, 3.05) is 41.3 Å². The minimum absolute atomic E-state index is 0.0118. The number of H-pyrrole nitrogens is 1. The molecule has 3 N–H and O–H groups in total. The first-order chi connectivity index (χ1) is 16.1. The van der Waals surface area contributed by atoms with Gasteiger partial charge >= 0.3 is 0 Å². The summed E-state index contributed by atoms with van der Waals surface area (Å²) >= 11 is 0. The number of methoxy groups -OCH3 is 3. The van der Waals surface area contributed by atoms with Crippen molar-refractivity contribution in [3.8, 4) is 51.0 Å². The molecule has 4 rings (SSSR count). The van der Waals surface area contributed by atoms with Crippen molar-refractivity contribution in [3.05, 3.63) is 42.2 Å². The second kappa shape index (κ2) is 9.74. The highest BCUT2D eigenvalue weighted by molar-refractivity contribution is 6.05. The monoisotopic (exact) mass is 454 g/mol. The predicted octanol–water partition coefficient (Wildman–Crippen LogP) is 3.22. The number of hydrogen-bond donors (Lipinski definition) is 3. The Morgan fingerprint density at radius 3 is 2.48 bits per heavy atom. The van der Waals surface area contributed by atoms with Gasteiger partial charge in [0.1, 0.15) is 11.4 Å². The minimum Gasteiger partial charge on any atom is -0.497 e. The van der Waals surface area contributed by atoms with Crippen LogP contribution >= 0.6 is 0 Å². The number of hydrogen-bond acceptors (Lipinski definition) is 7. The molecule has 174 valence electrons. The smallest absolute Gasteiger partial charge is 0.268 e. The average Bonchev–Trinajstić information content (AvgIpc) is 3.51. The molecule has 3 aromatic rings. The Morgan fingerprint density at radius 1 is 1.06 bits per heavy atom. The van der Waals surface area contributed by atoms with Crippen LogP contribution in [-0.4, -0.2) is 57.3 Å². The molecule has 0 spiro atoms. The fourth-order valence-electron chi connectivity index (χ4n) is 3.80. The van der Waals surface area contributed by atoms with Crippen molar-refractivity contribution in [1.29, 1.82) is 0 Å². The van der Waals surface area contributed by atoms with Crippen LogP contribution < -0.4 is 29.0 Å². The van der Waals surface area contributed by atoms with Crippen LogP contribution in [0.3, 0.4) is 0 Å². The van der Waals surface area contributed by atoms with E-state index < -0.39 is 0 Å². The normalized spacial score (nSPS) is 11.9. The minimum atomic E-state index is -0.308. The Bertz CT molecular complexity index is 1140. The molecule has 0 saturated heterocycles. The molecule has 9 heteroatoms. The molecule has 1 aromatic heterocycles. The number of aromatic amines is 1. The van der Waals surface area contributed by atoms with Crippen LogP contribution in [0.5, 0.6) is 28.7 Å². The fourth-order valence-corrected chi connectivity index (χ4v) is 3.80. The SMILES string of the molecule is COc1ccc(-c2c[nH]c(C(=O)NCCCO)c2-c2cc(OC)c3c(c2OC)OCO3)cc1. The van der Waals surface area contributed by atoms with E-state index in [1.807, 2.05) is 24.3 Å². The van der Waals surface area contributed by atoms with Gasteiger partial charge in [-0.15, -0.1) is 0 Å². The van der Waals surface area contributed by atoms with E-state index in [1.165, 1.54) is 14.2 Å². The van der Waals surface area contributed by atoms with Crippen LogP contribution in [0.1, 0.15) is 16.9 Å². The second-order valence-electron chi connectivity index (χ2n) is 7.24. The first-order valence-electron chi connectivity index (χ1n) is 10.4. The molecule has 0 unspecified atom stereocenters. The van der Waals surface area contributed by atoms with Crippen molar-refractivity contribution >= 4 is 5.91 Å². The van der Waals surface area contributed by atoms with Crippen LogP contribution in [0.2, 0.25) is 0 Å². The van der Waals surface area contributed by atoms with Gasteiger partial charge in [-0.2, -0.15) is 0 Å². The molecule has 0 fully saturated rings. The van der Waals surface area contributed by atoms with Crippen LogP contribution in [-0.2, 0) is 0 Å². The number of aliphatic hydroxyl groups is 1. The third kappa shape index (κ3) is 4.14. The molecular weight excluding hydrogens is 428 g/mol. The molecule has 33 heavy (non-hydrogen) atoms. The number of aromatic nitrogens is 1. The molecule has 0 bridgehead atoms. The number of ether oxygens (including phenoxy) is 5. The Labute approximate surface area is 191 Å². The van der Waals surface area contributed by atoms with Gasteiger partial charge in [-0.05, 0) is 30.2 Å². The predicted molar refractivity (Wildman–Crippen MR) is 121 cm³/mol. The van der Waals surface area contributed by atoms with E-state index in [2.05, 4.69) is 10.3 Å². The van der Waals surface area contributed by atoms with Crippen molar-refractivity contribution in [2.45, 2.75) is 6.42 Å². The van der Waals surface area contributed by atoms with Crippen LogP contribution in [0.25, 0.3) is 22.3 Å². The molecule has 0 atom stereocenters. The number of rotatable bonds is 9. The maximum absolute atomic E-state index is 13.1. The maximum atomic E-state index is 13.1. The number of benzene rings is 2. The highest BCUT2D eigenvalue weighted by atomic mass is 16.7. The largest absolute Gasteiger partial charge is 0.497 e. The van der Waals surface area contributed by atoms with E-state index in [4.69, 9.17) is 28.8 Å². The highest BCUT2D eigenvalue weighted by Crippen LogP contribution is 2.54. The zero-order valence-electron chi connectivity index (χ0n) is 18.7. The molecular formula is C24H26N2O7. The zero-order valence-corrected chi connectivity index (χ0v) is 18.7. The average molecular weight is 454 g/mol. The van der Waals surface area contributed by atoms with Crippen LogP contribution in [0, 0.1) is 0 Å². The van der Waals surface area contributed by atoms with E-state index in [1.54, 1.807) is 19.4 Å². The lowest BCUT2D eigenvalue weighted by molar-refractivity contribution is 0.0947. The number of nitrogens with one attached hydrogen (secondary N) is 2. The van der Waals surface area contributed by atoms with Gasteiger partial charge in [-0.3, -0.25) is 4.79 Å². The molecule has 0 aliphatic carbocycles. The Balaban J connectivity index is 1.92. The van der Waals surface area contributed by atoms with Crippen molar-refractivity contribution in [1.82, 2.24) is 10.3 Å². The third-order valence-electron chi connectivity index (χ3n) is 5.38. The fraction of sp³-hybridized carbons (Fsp3) is 0.292. The molecule has 0 saturated carbocycles. The molecule has 9 nitrogen and oxygen atoms in total. The third-order valence-corrected chi connectivity index (χ3v) is 5.38. The van der Waals surface area contributed by atoms with Gasteiger partial charge in [0.15, 0.2) is 11.5 Å². The summed E-state index contributed by atoms with van der Waals surface area (Å²) in [6, 6.07) is 9.30. The lowest BCUT2D eigenvalue weighted by Crippen LogP contribution is -2.25. The zero-order chi connectivity index (χ0) is 23.4. The van der Waals surface area contributed by atoms with Gasteiger partial charge in [0.05, 0.1) is 21.3 Å². The van der Waals surface area contributed by atoms with Crippen molar-refractivity contribution < 1.29 is 33.6 Å². The number of fused-ring (bicyclic) bond motifs is 1. The van der Waals surface area contributed by atoms with Crippen LogP contribution in [0.4, 0.5) is 0 Å². The summed E-state index contributed by atoms with van der Waals surface area (Å²) in [5.41, 5.74) is 3.23. The number of aliphatic hydroxyl groups excluding tert-OH is 1. The molecule has 1 amide bonds. The quantitative estimate of drug-likeness (QED) is 0.426. The Morgan fingerprint density at radius 2 is 1.82 bits per heavy atom. The summed E-state index contributed by atoms with van der Waals surface area (Å²) in [5, 5.41) is 11.9. The van der Waals surface area contributed by atoms with Gasteiger partial charge in [-0.1, -0.05) is 12.1 Å². The molecule has 1 aliphatic heterocycles. The first kappa shape index (κ1) is 22.3. The second-order valence-corrected chi connectivity index (χ2v) is 7.24. The van der Waals surface area contributed by atoms with Gasteiger partial charge < -0.3 is 39.1 Å². The Kier molecular flexibility index (Phi) is 6.60. The van der Waals surface area contributed by atoms with E-state index in [-0.39, 0.29) is 19.3 Å². The standard InChI is InChI=1S/C24H26N2O7/c1-29-15-7-5-14(6-8-15)17-12-26-20(24(28)25-9-4-10-27)19(17)16-11-18(30-2)22-23(21(16)31-3)33-13-32-22/h5-8,11-12,26-27H,4,9-10,13H2,1-3H3,(H,25,28). The molecule has 0 radical (unpaired) electrons. The van der Waals surface area contributed by atoms with Crippen LogP contribution in [0.15, 0.2) is 36.5 Å². The summed E-state index contributed by atoms with van der Waals surface area (Å²) < 4.78 is 27.8. The summed E-state index contributed by atoms with van der Waals surface area (Å²) in [5.74, 6) is 2.18. The molecule has 2 heterocycles. The van der Waals surface area contributed by atoms with E-state index in [0.717, 1.165) is 16.9 Å². The lowest BCUT2D eigenvalue weighted by Gasteiger charge is -2.16. The summed E-state index contributed by atoms with van der Waals surface area (Å²) in [7, 11) is 4.68. The number of carbonyl (C=O) groups excluding carboxylic acids is 1. The first-order valence-corrected chi connectivity index (χ1v) is 10.4. The van der Waals surface area contributed by atoms with Gasteiger partial charge in [0.25, 0.3) is 5.91 Å². The molecule has 2 aromatic carbocycles. The van der Waals surface area contributed by atoms with Crippen molar-refractivity contribution in [3.63, 3.8) is 0 Å². The summed E-state index contributed by atoms with van der Waals surface area (Å²) in [4.78, 5) is 16.2. The summed E-state index contributed by atoms with van der Waals surface area (Å²) in [6.45, 7) is 0.369. The Hall–Kier alpha value is -3.85. The summed E-state index contributed by atoms with van der Waals surface area (Å²) in [6.07, 6.45) is 2.23. The van der Waals surface area contributed by atoms with Crippen molar-refractivity contribution in [2.24, 2.45) is 0 Å².